The molecule has 0 atom stereocenters. The van der Waals surface area contributed by atoms with Crippen molar-refractivity contribution in [3.63, 3.8) is 0 Å². The summed E-state index contributed by atoms with van der Waals surface area (Å²) in [6.45, 7) is 4.52. The van der Waals surface area contributed by atoms with Gasteiger partial charge in [-0.05, 0) is 55.7 Å². The van der Waals surface area contributed by atoms with Crippen molar-refractivity contribution in [2.75, 3.05) is 13.7 Å². The molecule has 4 nitrogen and oxygen atoms in total. The van der Waals surface area contributed by atoms with Crippen LogP contribution in [0.4, 0.5) is 0 Å². The van der Waals surface area contributed by atoms with E-state index in [1.54, 1.807) is 12.1 Å². The zero-order valence-corrected chi connectivity index (χ0v) is 15.1. The molecular formula is C18H27NO3S. The summed E-state index contributed by atoms with van der Waals surface area (Å²) in [7, 11) is -2.07. The molecule has 128 valence electrons. The summed E-state index contributed by atoms with van der Waals surface area (Å²) in [6.07, 6.45) is 7.70. The van der Waals surface area contributed by atoms with Crippen LogP contribution < -0.4 is 9.46 Å². The van der Waals surface area contributed by atoms with E-state index in [0.717, 1.165) is 24.8 Å². The Labute approximate surface area is 140 Å². The van der Waals surface area contributed by atoms with E-state index in [-0.39, 0.29) is 10.8 Å². The van der Waals surface area contributed by atoms with Gasteiger partial charge in [0.1, 0.15) is 10.6 Å². The van der Waals surface area contributed by atoms with E-state index in [0.29, 0.717) is 12.3 Å². The summed E-state index contributed by atoms with van der Waals surface area (Å²) in [5.74, 6) is 0.654. The number of hydrogen-bond acceptors (Lipinski definition) is 3. The van der Waals surface area contributed by atoms with Gasteiger partial charge in [-0.2, -0.15) is 0 Å². The van der Waals surface area contributed by atoms with Crippen molar-refractivity contribution in [2.45, 2.75) is 56.8 Å². The van der Waals surface area contributed by atoms with Crippen LogP contribution in [0.3, 0.4) is 0 Å². The predicted molar refractivity (Wildman–Crippen MR) is 93.4 cm³/mol. The summed E-state index contributed by atoms with van der Waals surface area (Å²) in [6, 6.07) is 5.36. The molecule has 0 aliphatic heterocycles. The van der Waals surface area contributed by atoms with Crippen LogP contribution in [0.5, 0.6) is 5.75 Å². The van der Waals surface area contributed by atoms with Gasteiger partial charge in [0, 0.05) is 6.54 Å². The van der Waals surface area contributed by atoms with E-state index in [4.69, 9.17) is 4.74 Å². The minimum absolute atomic E-state index is 0.226. The largest absolute Gasteiger partial charge is 0.495 e. The molecular weight excluding hydrogens is 310 g/mol. The highest BCUT2D eigenvalue weighted by Gasteiger charge is 2.20. The minimum Gasteiger partial charge on any atom is -0.495 e. The van der Waals surface area contributed by atoms with E-state index < -0.39 is 10.0 Å². The molecule has 5 heteroatoms. The maximum atomic E-state index is 12.6. The lowest BCUT2D eigenvalue weighted by molar-refractivity contribution is 0.402. The summed E-state index contributed by atoms with van der Waals surface area (Å²) < 4.78 is 33.2. The maximum absolute atomic E-state index is 12.6. The molecule has 0 saturated carbocycles. The normalized spacial score (nSPS) is 15.6. The highest BCUT2D eigenvalue weighted by molar-refractivity contribution is 7.89. The van der Waals surface area contributed by atoms with Crippen LogP contribution in [0.2, 0.25) is 0 Å². The average Bonchev–Trinajstić information content (AvgIpc) is 2.55. The molecule has 2 rings (SSSR count). The zero-order chi connectivity index (χ0) is 16.9. The van der Waals surface area contributed by atoms with Crippen molar-refractivity contribution in [3.8, 4) is 5.75 Å². The minimum atomic E-state index is -3.56. The summed E-state index contributed by atoms with van der Waals surface area (Å²) in [4.78, 5) is 0.226. The Hall–Kier alpha value is -1.33. The SMILES string of the molecule is COc1ccc(C(C)C)cc1S(=O)(=O)NCCC1=CCCCC1. The Morgan fingerprint density at radius 1 is 1.26 bits per heavy atom. The fourth-order valence-corrected chi connectivity index (χ4v) is 4.05. The van der Waals surface area contributed by atoms with Crippen LogP contribution in [-0.2, 0) is 10.0 Å². The molecule has 23 heavy (non-hydrogen) atoms. The van der Waals surface area contributed by atoms with Crippen molar-refractivity contribution < 1.29 is 13.2 Å². The molecule has 1 N–H and O–H groups in total. The first-order valence-electron chi connectivity index (χ1n) is 8.29. The Morgan fingerprint density at radius 3 is 2.65 bits per heavy atom. The third kappa shape index (κ3) is 4.82. The van der Waals surface area contributed by atoms with E-state index in [2.05, 4.69) is 10.8 Å². The molecule has 0 unspecified atom stereocenters. The molecule has 0 radical (unpaired) electrons. The quantitative estimate of drug-likeness (QED) is 0.766. The summed E-state index contributed by atoms with van der Waals surface area (Å²) >= 11 is 0. The van der Waals surface area contributed by atoms with Gasteiger partial charge in [0.25, 0.3) is 0 Å². The second-order valence-corrected chi connectivity index (χ2v) is 8.06. The number of hydrogen-bond donors (Lipinski definition) is 1. The number of rotatable bonds is 7. The summed E-state index contributed by atoms with van der Waals surface area (Å²) in [5, 5.41) is 0. The van der Waals surface area contributed by atoms with E-state index in [9.17, 15) is 8.42 Å². The Balaban J connectivity index is 2.11. The smallest absolute Gasteiger partial charge is 0.244 e. The number of benzene rings is 1. The Morgan fingerprint density at radius 2 is 2.04 bits per heavy atom. The van der Waals surface area contributed by atoms with Crippen LogP contribution in [0.1, 0.15) is 57.4 Å². The molecule has 1 aromatic carbocycles. The van der Waals surface area contributed by atoms with Gasteiger partial charge in [0.05, 0.1) is 7.11 Å². The lowest BCUT2D eigenvalue weighted by atomic mass is 9.97. The van der Waals surface area contributed by atoms with Crippen molar-refractivity contribution in [1.29, 1.82) is 0 Å². The van der Waals surface area contributed by atoms with Gasteiger partial charge in [-0.1, -0.05) is 31.6 Å². The maximum Gasteiger partial charge on any atom is 0.244 e. The molecule has 1 aliphatic carbocycles. The third-order valence-corrected chi connectivity index (χ3v) is 5.75. The predicted octanol–water partition coefficient (Wildman–Crippen LogP) is 3.99. The van der Waals surface area contributed by atoms with Crippen LogP contribution >= 0.6 is 0 Å². The highest BCUT2D eigenvalue weighted by Crippen LogP contribution is 2.28. The number of methoxy groups -OCH3 is 1. The number of ether oxygens (including phenoxy) is 1. The number of sulfonamides is 1. The number of allylic oxidation sites excluding steroid dienone is 1. The van der Waals surface area contributed by atoms with Gasteiger partial charge in [0.2, 0.25) is 10.0 Å². The van der Waals surface area contributed by atoms with Crippen LogP contribution in [0.25, 0.3) is 0 Å². The van der Waals surface area contributed by atoms with Crippen molar-refractivity contribution in [2.24, 2.45) is 0 Å². The monoisotopic (exact) mass is 337 g/mol. The number of nitrogens with one attached hydrogen (secondary N) is 1. The molecule has 0 fully saturated rings. The topological polar surface area (TPSA) is 55.4 Å². The molecule has 0 heterocycles. The van der Waals surface area contributed by atoms with Crippen molar-refractivity contribution in [1.82, 2.24) is 4.72 Å². The first kappa shape index (κ1) is 18.0. The van der Waals surface area contributed by atoms with Gasteiger partial charge < -0.3 is 4.74 Å². The molecule has 0 aromatic heterocycles. The van der Waals surface area contributed by atoms with Crippen molar-refractivity contribution in [3.05, 3.63) is 35.4 Å². The lowest BCUT2D eigenvalue weighted by Crippen LogP contribution is -2.26. The van der Waals surface area contributed by atoms with Crippen LogP contribution in [0, 0.1) is 0 Å². The second kappa shape index (κ2) is 7.97. The molecule has 0 spiro atoms. The fraction of sp³-hybridized carbons (Fsp3) is 0.556. The van der Waals surface area contributed by atoms with E-state index in [1.807, 2.05) is 19.9 Å². The molecule has 0 bridgehead atoms. The van der Waals surface area contributed by atoms with Crippen LogP contribution in [-0.4, -0.2) is 22.1 Å². The zero-order valence-electron chi connectivity index (χ0n) is 14.3. The second-order valence-electron chi connectivity index (χ2n) is 6.32. The lowest BCUT2D eigenvalue weighted by Gasteiger charge is -2.15. The molecule has 0 amide bonds. The third-order valence-electron chi connectivity index (χ3n) is 4.27. The van der Waals surface area contributed by atoms with Crippen molar-refractivity contribution >= 4 is 10.0 Å². The Bertz CT molecular complexity index is 663. The fourth-order valence-electron chi connectivity index (χ4n) is 2.82. The summed E-state index contributed by atoms with van der Waals surface area (Å²) in [5.41, 5.74) is 2.35. The highest BCUT2D eigenvalue weighted by atomic mass is 32.2. The first-order chi connectivity index (χ1) is 10.9. The average molecular weight is 337 g/mol. The van der Waals surface area contributed by atoms with Gasteiger partial charge in [-0.3, -0.25) is 0 Å². The van der Waals surface area contributed by atoms with Gasteiger partial charge in [0.15, 0.2) is 0 Å². The Kier molecular flexibility index (Phi) is 6.25. The van der Waals surface area contributed by atoms with Gasteiger partial charge in [-0.15, -0.1) is 0 Å². The molecule has 1 aliphatic rings. The molecule has 1 aromatic rings. The van der Waals surface area contributed by atoms with Gasteiger partial charge in [-0.25, -0.2) is 13.1 Å². The standard InChI is InChI=1S/C18H27NO3S/c1-14(2)16-9-10-17(22-3)18(13-16)23(20,21)19-12-11-15-7-5-4-6-8-15/h7,9-10,13-14,19H,4-6,8,11-12H2,1-3H3. The van der Waals surface area contributed by atoms with Gasteiger partial charge >= 0.3 is 0 Å². The molecule has 0 saturated heterocycles. The van der Waals surface area contributed by atoms with Crippen LogP contribution in [0.15, 0.2) is 34.7 Å². The first-order valence-corrected chi connectivity index (χ1v) is 9.78. The van der Waals surface area contributed by atoms with E-state index in [1.165, 1.54) is 25.5 Å². The van der Waals surface area contributed by atoms with E-state index >= 15 is 0 Å².